The number of ether oxygens (including phenoxy) is 1. The molecule has 0 spiro atoms. The number of carbonyl (C=O) groups excluding carboxylic acids is 2. The standard InChI is InChI=1S/C12H19NO4/c14-9-4-6-12(16)17-10-8-13-7-3-1-2-5-11(13)15/h4,6,14H,1-3,5,7-10H2/b6-4+. The topological polar surface area (TPSA) is 66.8 Å². The average Bonchev–Trinajstić information content (AvgIpc) is 2.52. The summed E-state index contributed by atoms with van der Waals surface area (Å²) in [5.74, 6) is -0.342. The third-order valence-electron chi connectivity index (χ3n) is 2.64. The van der Waals surface area contributed by atoms with Gasteiger partial charge in [0.1, 0.15) is 6.61 Å². The molecule has 0 bridgehead atoms. The molecular formula is C12H19NO4. The second kappa shape index (κ2) is 7.84. The molecule has 1 aliphatic heterocycles. The Balaban J connectivity index is 2.22. The van der Waals surface area contributed by atoms with E-state index in [0.717, 1.165) is 25.8 Å². The number of hydrogen-bond acceptors (Lipinski definition) is 4. The summed E-state index contributed by atoms with van der Waals surface area (Å²) >= 11 is 0. The maximum atomic E-state index is 11.6. The van der Waals surface area contributed by atoms with Gasteiger partial charge in [-0.2, -0.15) is 0 Å². The average molecular weight is 241 g/mol. The molecule has 1 heterocycles. The first-order valence-electron chi connectivity index (χ1n) is 5.96. The van der Waals surface area contributed by atoms with Crippen LogP contribution in [0.1, 0.15) is 25.7 Å². The van der Waals surface area contributed by atoms with Crippen LogP contribution in [0.25, 0.3) is 0 Å². The van der Waals surface area contributed by atoms with Gasteiger partial charge in [-0.25, -0.2) is 4.79 Å². The van der Waals surface area contributed by atoms with Crippen molar-refractivity contribution in [2.24, 2.45) is 0 Å². The van der Waals surface area contributed by atoms with Crippen LogP contribution in [-0.4, -0.2) is 48.2 Å². The fourth-order valence-corrected chi connectivity index (χ4v) is 1.73. The fraction of sp³-hybridized carbons (Fsp3) is 0.667. The molecule has 1 fully saturated rings. The lowest BCUT2D eigenvalue weighted by Gasteiger charge is -2.19. The first kappa shape index (κ1) is 13.7. The number of aliphatic hydroxyl groups is 1. The number of nitrogens with zero attached hydrogens (tertiary/aromatic N) is 1. The van der Waals surface area contributed by atoms with Gasteiger partial charge in [-0.1, -0.05) is 12.5 Å². The van der Waals surface area contributed by atoms with Gasteiger partial charge in [0.25, 0.3) is 0 Å². The van der Waals surface area contributed by atoms with Gasteiger partial charge in [-0.15, -0.1) is 0 Å². The highest BCUT2D eigenvalue weighted by atomic mass is 16.5. The lowest BCUT2D eigenvalue weighted by molar-refractivity contribution is -0.140. The Kier molecular flexibility index (Phi) is 6.32. The van der Waals surface area contributed by atoms with E-state index in [4.69, 9.17) is 9.84 Å². The van der Waals surface area contributed by atoms with Crippen LogP contribution in [0, 0.1) is 0 Å². The number of hydrogen-bond donors (Lipinski definition) is 1. The number of likely N-dealkylation sites (tertiary alicyclic amines) is 1. The van der Waals surface area contributed by atoms with Gasteiger partial charge in [0.2, 0.25) is 5.91 Å². The van der Waals surface area contributed by atoms with Crippen LogP contribution in [0.4, 0.5) is 0 Å². The lowest BCUT2D eigenvalue weighted by atomic mass is 10.2. The molecule has 5 heteroatoms. The maximum absolute atomic E-state index is 11.6. The summed E-state index contributed by atoms with van der Waals surface area (Å²) in [7, 11) is 0. The molecule has 96 valence electrons. The number of esters is 1. The van der Waals surface area contributed by atoms with E-state index >= 15 is 0 Å². The molecule has 0 aromatic rings. The van der Waals surface area contributed by atoms with Crippen molar-refractivity contribution < 1.29 is 19.4 Å². The van der Waals surface area contributed by atoms with Crippen LogP contribution < -0.4 is 0 Å². The van der Waals surface area contributed by atoms with Gasteiger partial charge < -0.3 is 14.7 Å². The Labute approximate surface area is 101 Å². The van der Waals surface area contributed by atoms with Crippen molar-refractivity contribution in [2.45, 2.75) is 25.7 Å². The first-order chi connectivity index (χ1) is 8.24. The largest absolute Gasteiger partial charge is 0.461 e. The molecule has 0 aromatic heterocycles. The van der Waals surface area contributed by atoms with Gasteiger partial charge in [-0.05, 0) is 12.8 Å². The normalized spacial score (nSPS) is 17.2. The summed E-state index contributed by atoms with van der Waals surface area (Å²) in [5.41, 5.74) is 0. The number of aliphatic hydroxyl groups excluding tert-OH is 1. The summed E-state index contributed by atoms with van der Waals surface area (Å²) in [6.07, 6.45) is 6.15. The third kappa shape index (κ3) is 5.49. The summed E-state index contributed by atoms with van der Waals surface area (Å²) < 4.78 is 4.91. The van der Waals surface area contributed by atoms with Crippen LogP contribution in [0.5, 0.6) is 0 Å². The van der Waals surface area contributed by atoms with E-state index in [2.05, 4.69) is 0 Å². The predicted octanol–water partition coefficient (Wildman–Crippen LogP) is 0.481. The predicted molar refractivity (Wildman–Crippen MR) is 62.2 cm³/mol. The highest BCUT2D eigenvalue weighted by molar-refractivity contribution is 5.82. The summed E-state index contributed by atoms with van der Waals surface area (Å²) in [5, 5.41) is 8.46. The molecule has 1 rings (SSSR count). The number of rotatable bonds is 5. The molecule has 0 radical (unpaired) electrons. The van der Waals surface area contributed by atoms with E-state index in [1.807, 2.05) is 0 Å². The SMILES string of the molecule is O=C(/C=C/CO)OCCN1CCCCCC1=O. The quantitative estimate of drug-likeness (QED) is 0.561. The summed E-state index contributed by atoms with van der Waals surface area (Å²) in [6.45, 7) is 1.24. The minimum atomic E-state index is -0.485. The lowest BCUT2D eigenvalue weighted by Crippen LogP contribution is -2.33. The summed E-state index contributed by atoms with van der Waals surface area (Å²) in [4.78, 5) is 24.4. The molecule has 1 N–H and O–H groups in total. The van der Waals surface area contributed by atoms with E-state index in [9.17, 15) is 9.59 Å². The number of carbonyl (C=O) groups is 2. The van der Waals surface area contributed by atoms with Gasteiger partial charge in [0, 0.05) is 19.0 Å². The molecule has 1 amide bonds. The Morgan fingerprint density at radius 3 is 3.00 bits per heavy atom. The van der Waals surface area contributed by atoms with Crippen LogP contribution in [0.15, 0.2) is 12.2 Å². The van der Waals surface area contributed by atoms with Crippen molar-refractivity contribution in [3.8, 4) is 0 Å². The molecule has 0 aromatic carbocycles. The zero-order chi connectivity index (χ0) is 12.5. The molecule has 17 heavy (non-hydrogen) atoms. The van der Waals surface area contributed by atoms with Crippen LogP contribution in [-0.2, 0) is 14.3 Å². The molecular weight excluding hydrogens is 222 g/mol. The molecule has 5 nitrogen and oxygen atoms in total. The van der Waals surface area contributed by atoms with Crippen molar-refractivity contribution in [1.29, 1.82) is 0 Å². The smallest absolute Gasteiger partial charge is 0.330 e. The van der Waals surface area contributed by atoms with E-state index in [-0.39, 0.29) is 19.1 Å². The highest BCUT2D eigenvalue weighted by Crippen LogP contribution is 2.10. The third-order valence-corrected chi connectivity index (χ3v) is 2.64. The first-order valence-corrected chi connectivity index (χ1v) is 5.96. The Morgan fingerprint density at radius 1 is 1.41 bits per heavy atom. The van der Waals surface area contributed by atoms with Crippen molar-refractivity contribution in [3.05, 3.63) is 12.2 Å². The molecule has 0 aliphatic carbocycles. The highest BCUT2D eigenvalue weighted by Gasteiger charge is 2.16. The Morgan fingerprint density at radius 2 is 2.24 bits per heavy atom. The zero-order valence-corrected chi connectivity index (χ0v) is 9.93. The molecule has 1 saturated heterocycles. The second-order valence-corrected chi connectivity index (χ2v) is 3.94. The second-order valence-electron chi connectivity index (χ2n) is 3.94. The van der Waals surface area contributed by atoms with Crippen LogP contribution in [0.3, 0.4) is 0 Å². The van der Waals surface area contributed by atoms with Gasteiger partial charge in [0.05, 0.1) is 13.2 Å². The van der Waals surface area contributed by atoms with E-state index in [1.165, 1.54) is 12.2 Å². The number of amides is 1. The Bertz CT molecular complexity index is 288. The molecule has 0 saturated carbocycles. The van der Waals surface area contributed by atoms with E-state index in [1.54, 1.807) is 4.90 Å². The fourth-order valence-electron chi connectivity index (χ4n) is 1.73. The van der Waals surface area contributed by atoms with Crippen LogP contribution >= 0.6 is 0 Å². The minimum absolute atomic E-state index is 0.143. The minimum Gasteiger partial charge on any atom is -0.461 e. The summed E-state index contributed by atoms with van der Waals surface area (Å²) in [6, 6.07) is 0. The van der Waals surface area contributed by atoms with Crippen molar-refractivity contribution in [2.75, 3.05) is 26.3 Å². The van der Waals surface area contributed by atoms with Crippen molar-refractivity contribution >= 4 is 11.9 Å². The zero-order valence-electron chi connectivity index (χ0n) is 9.93. The van der Waals surface area contributed by atoms with Crippen molar-refractivity contribution in [3.63, 3.8) is 0 Å². The Hall–Kier alpha value is -1.36. The van der Waals surface area contributed by atoms with Crippen molar-refractivity contribution in [1.82, 2.24) is 4.90 Å². The maximum Gasteiger partial charge on any atom is 0.330 e. The molecule has 0 unspecified atom stereocenters. The van der Waals surface area contributed by atoms with Gasteiger partial charge in [0.15, 0.2) is 0 Å². The molecule has 1 aliphatic rings. The van der Waals surface area contributed by atoms with Gasteiger partial charge in [-0.3, -0.25) is 4.79 Å². The monoisotopic (exact) mass is 241 g/mol. The van der Waals surface area contributed by atoms with Gasteiger partial charge >= 0.3 is 5.97 Å². The van der Waals surface area contributed by atoms with Crippen LogP contribution in [0.2, 0.25) is 0 Å². The van der Waals surface area contributed by atoms with E-state index < -0.39 is 5.97 Å². The molecule has 0 atom stereocenters. The van der Waals surface area contributed by atoms with E-state index in [0.29, 0.717) is 13.0 Å².